The molecule has 0 radical (unpaired) electrons. The number of ether oxygens (including phenoxy) is 1. The summed E-state index contributed by atoms with van der Waals surface area (Å²) in [4.78, 5) is 10.4. The van der Waals surface area contributed by atoms with E-state index in [1.165, 1.54) is 6.33 Å². The summed E-state index contributed by atoms with van der Waals surface area (Å²) in [5, 5.41) is 11.6. The predicted molar refractivity (Wildman–Crippen MR) is 85.4 cm³/mol. The summed E-state index contributed by atoms with van der Waals surface area (Å²) in [6, 6.07) is 9.23. The zero-order chi connectivity index (χ0) is 15.6. The van der Waals surface area contributed by atoms with Crippen molar-refractivity contribution in [3.8, 4) is 5.88 Å². The fourth-order valence-electron chi connectivity index (χ4n) is 2.77. The molecule has 22 heavy (non-hydrogen) atoms. The van der Waals surface area contributed by atoms with Gasteiger partial charge in [-0.3, -0.25) is 0 Å². The van der Waals surface area contributed by atoms with E-state index in [9.17, 15) is 5.11 Å². The third-order valence-electron chi connectivity index (χ3n) is 4.13. The Labute approximate surface area is 134 Å². The lowest BCUT2D eigenvalue weighted by molar-refractivity contribution is 0.0116. The van der Waals surface area contributed by atoms with Gasteiger partial charge in [0.15, 0.2) is 0 Å². The van der Waals surface area contributed by atoms with Gasteiger partial charge in [0, 0.05) is 24.2 Å². The second-order valence-corrected chi connectivity index (χ2v) is 5.88. The smallest absolute Gasteiger partial charge is 0.218 e. The van der Waals surface area contributed by atoms with Gasteiger partial charge in [0.05, 0.1) is 12.7 Å². The molecular weight excluding hydrogens is 302 g/mol. The summed E-state index contributed by atoms with van der Waals surface area (Å²) >= 11 is 5.91. The third-order valence-corrected chi connectivity index (χ3v) is 4.38. The number of benzene rings is 1. The molecule has 0 aliphatic carbocycles. The van der Waals surface area contributed by atoms with E-state index in [1.807, 2.05) is 30.3 Å². The molecule has 1 fully saturated rings. The molecule has 3 rings (SSSR count). The third kappa shape index (κ3) is 3.00. The Balaban J connectivity index is 1.72. The van der Waals surface area contributed by atoms with Crippen molar-refractivity contribution in [2.24, 2.45) is 0 Å². The van der Waals surface area contributed by atoms with Crippen molar-refractivity contribution in [2.45, 2.75) is 18.4 Å². The highest BCUT2D eigenvalue weighted by molar-refractivity contribution is 6.30. The van der Waals surface area contributed by atoms with Gasteiger partial charge in [0.2, 0.25) is 5.88 Å². The zero-order valence-corrected chi connectivity index (χ0v) is 13.1. The van der Waals surface area contributed by atoms with E-state index in [0.717, 1.165) is 24.5 Å². The van der Waals surface area contributed by atoms with Crippen molar-refractivity contribution in [3.05, 3.63) is 47.2 Å². The molecule has 1 aromatic heterocycles. The molecule has 2 aromatic rings. The van der Waals surface area contributed by atoms with E-state index < -0.39 is 5.60 Å². The van der Waals surface area contributed by atoms with Crippen molar-refractivity contribution < 1.29 is 9.84 Å². The quantitative estimate of drug-likeness (QED) is 0.942. The topological polar surface area (TPSA) is 58.5 Å². The lowest BCUT2D eigenvalue weighted by Gasteiger charge is -2.39. The van der Waals surface area contributed by atoms with Gasteiger partial charge >= 0.3 is 0 Å². The molecule has 116 valence electrons. The Morgan fingerprint density at radius 2 is 1.86 bits per heavy atom. The Bertz CT molecular complexity index is 640. The SMILES string of the molecule is COc1cc(N2CCC(O)(c3ccc(Cl)cc3)CC2)ncn1. The van der Waals surface area contributed by atoms with Crippen LogP contribution in [0, 0.1) is 0 Å². The van der Waals surface area contributed by atoms with Crippen LogP contribution < -0.4 is 9.64 Å². The molecule has 6 heteroatoms. The van der Waals surface area contributed by atoms with Crippen molar-refractivity contribution in [3.63, 3.8) is 0 Å². The van der Waals surface area contributed by atoms with Gasteiger partial charge in [0.25, 0.3) is 0 Å². The fourth-order valence-corrected chi connectivity index (χ4v) is 2.89. The van der Waals surface area contributed by atoms with Gasteiger partial charge in [-0.25, -0.2) is 9.97 Å². The normalized spacial score (nSPS) is 17.3. The standard InChI is InChI=1S/C16H18ClN3O2/c1-22-15-10-14(18-11-19-15)20-8-6-16(21,7-9-20)12-2-4-13(17)5-3-12/h2-5,10-11,21H,6-9H2,1H3. The summed E-state index contributed by atoms with van der Waals surface area (Å²) < 4.78 is 5.13. The average Bonchev–Trinajstić information content (AvgIpc) is 2.56. The number of aromatic nitrogens is 2. The van der Waals surface area contributed by atoms with Crippen LogP contribution in [0.2, 0.25) is 5.02 Å². The second-order valence-electron chi connectivity index (χ2n) is 5.44. The molecule has 1 aliphatic rings. The molecule has 0 unspecified atom stereocenters. The Hall–Kier alpha value is -1.85. The van der Waals surface area contributed by atoms with Crippen LogP contribution in [0.5, 0.6) is 5.88 Å². The van der Waals surface area contributed by atoms with Crippen molar-refractivity contribution in [2.75, 3.05) is 25.1 Å². The van der Waals surface area contributed by atoms with E-state index in [1.54, 1.807) is 7.11 Å². The second kappa shape index (κ2) is 6.10. The van der Waals surface area contributed by atoms with E-state index in [-0.39, 0.29) is 0 Å². The number of hydrogen-bond donors (Lipinski definition) is 1. The van der Waals surface area contributed by atoms with Crippen LogP contribution in [0.3, 0.4) is 0 Å². The van der Waals surface area contributed by atoms with Crippen molar-refractivity contribution >= 4 is 17.4 Å². The van der Waals surface area contributed by atoms with Gasteiger partial charge in [-0.05, 0) is 30.5 Å². The maximum absolute atomic E-state index is 10.9. The minimum absolute atomic E-state index is 0.545. The lowest BCUT2D eigenvalue weighted by atomic mass is 9.84. The summed E-state index contributed by atoms with van der Waals surface area (Å²) in [5.41, 5.74) is 0.106. The summed E-state index contributed by atoms with van der Waals surface area (Å²) in [5.74, 6) is 1.37. The molecule has 0 saturated carbocycles. The van der Waals surface area contributed by atoms with Crippen LogP contribution in [0.4, 0.5) is 5.82 Å². The maximum atomic E-state index is 10.9. The highest BCUT2D eigenvalue weighted by atomic mass is 35.5. The lowest BCUT2D eigenvalue weighted by Crippen LogP contribution is -2.43. The molecule has 0 amide bonds. The molecule has 5 nitrogen and oxygen atoms in total. The Morgan fingerprint density at radius 1 is 1.18 bits per heavy atom. The molecule has 1 N–H and O–H groups in total. The highest BCUT2D eigenvalue weighted by Crippen LogP contribution is 2.34. The first-order valence-electron chi connectivity index (χ1n) is 7.20. The van der Waals surface area contributed by atoms with E-state index >= 15 is 0 Å². The van der Waals surface area contributed by atoms with E-state index in [0.29, 0.717) is 23.7 Å². The monoisotopic (exact) mass is 319 g/mol. The minimum Gasteiger partial charge on any atom is -0.481 e. The van der Waals surface area contributed by atoms with Crippen LogP contribution in [0.25, 0.3) is 0 Å². The number of nitrogens with zero attached hydrogens (tertiary/aromatic N) is 3. The first-order chi connectivity index (χ1) is 10.6. The number of halogens is 1. The predicted octanol–water partition coefficient (Wildman–Crippen LogP) is 2.63. The van der Waals surface area contributed by atoms with Crippen LogP contribution in [0.15, 0.2) is 36.7 Å². The van der Waals surface area contributed by atoms with Gasteiger partial charge in [-0.1, -0.05) is 23.7 Å². The van der Waals surface area contributed by atoms with E-state index in [2.05, 4.69) is 14.9 Å². The maximum Gasteiger partial charge on any atom is 0.218 e. The molecule has 0 atom stereocenters. The van der Waals surface area contributed by atoms with Crippen molar-refractivity contribution in [1.29, 1.82) is 0 Å². The number of aliphatic hydroxyl groups is 1. The number of piperidine rings is 1. The number of anilines is 1. The Kier molecular flexibility index (Phi) is 4.18. The first-order valence-corrected chi connectivity index (χ1v) is 7.58. The molecular formula is C16H18ClN3O2. The van der Waals surface area contributed by atoms with Crippen LogP contribution in [-0.4, -0.2) is 35.3 Å². The van der Waals surface area contributed by atoms with Crippen LogP contribution in [-0.2, 0) is 5.60 Å². The van der Waals surface area contributed by atoms with Gasteiger partial charge < -0.3 is 14.7 Å². The number of hydrogen-bond acceptors (Lipinski definition) is 5. The molecule has 1 aliphatic heterocycles. The summed E-state index contributed by atoms with van der Waals surface area (Å²) in [7, 11) is 1.58. The first kappa shape index (κ1) is 15.1. The Morgan fingerprint density at radius 3 is 2.50 bits per heavy atom. The highest BCUT2D eigenvalue weighted by Gasteiger charge is 2.34. The number of methoxy groups -OCH3 is 1. The van der Waals surface area contributed by atoms with Gasteiger partial charge in [-0.15, -0.1) is 0 Å². The summed E-state index contributed by atoms with van der Waals surface area (Å²) in [6.07, 6.45) is 2.77. The zero-order valence-electron chi connectivity index (χ0n) is 12.4. The molecule has 1 saturated heterocycles. The molecule has 0 spiro atoms. The summed E-state index contributed by atoms with van der Waals surface area (Å²) in [6.45, 7) is 1.44. The van der Waals surface area contributed by atoms with Crippen LogP contribution in [0.1, 0.15) is 18.4 Å². The van der Waals surface area contributed by atoms with Gasteiger partial charge in [0.1, 0.15) is 12.1 Å². The molecule has 2 heterocycles. The average molecular weight is 320 g/mol. The molecule has 0 bridgehead atoms. The van der Waals surface area contributed by atoms with Crippen LogP contribution >= 0.6 is 11.6 Å². The number of rotatable bonds is 3. The van der Waals surface area contributed by atoms with Crippen molar-refractivity contribution in [1.82, 2.24) is 9.97 Å². The molecule has 1 aromatic carbocycles. The van der Waals surface area contributed by atoms with Gasteiger partial charge in [-0.2, -0.15) is 0 Å². The van der Waals surface area contributed by atoms with E-state index in [4.69, 9.17) is 16.3 Å². The minimum atomic E-state index is -0.807. The fraction of sp³-hybridized carbons (Fsp3) is 0.375. The largest absolute Gasteiger partial charge is 0.481 e.